The summed E-state index contributed by atoms with van der Waals surface area (Å²) in [5.74, 6) is 0.818. The molecule has 0 spiro atoms. The minimum atomic E-state index is 0.292. The van der Waals surface area contributed by atoms with Crippen LogP contribution in [0.4, 0.5) is 0 Å². The second-order valence-corrected chi connectivity index (χ2v) is 4.41. The quantitative estimate of drug-likeness (QED) is 0.833. The molecule has 1 aliphatic heterocycles. The summed E-state index contributed by atoms with van der Waals surface area (Å²) in [4.78, 5) is 11.0. The maximum absolute atomic E-state index is 5.88. The van der Waals surface area contributed by atoms with Crippen LogP contribution < -0.4 is 5.73 Å². The van der Waals surface area contributed by atoms with E-state index in [1.54, 1.807) is 0 Å². The highest BCUT2D eigenvalue weighted by molar-refractivity contribution is 5.11. The number of nitrogens with zero attached hydrogens (tertiary/aromatic N) is 3. The molecule has 1 aliphatic rings. The molecule has 0 radical (unpaired) electrons. The molecule has 2 rings (SSSR count). The minimum Gasteiger partial charge on any atom is -0.329 e. The first-order valence-electron chi connectivity index (χ1n) is 6.04. The molecule has 2 N–H and O–H groups in total. The van der Waals surface area contributed by atoms with Crippen LogP contribution in [-0.2, 0) is 0 Å². The van der Waals surface area contributed by atoms with E-state index in [-0.39, 0.29) is 0 Å². The van der Waals surface area contributed by atoms with E-state index < -0.39 is 0 Å². The Balaban J connectivity index is 2.11. The van der Waals surface area contributed by atoms with Crippen LogP contribution in [0.2, 0.25) is 0 Å². The topological polar surface area (TPSA) is 55.0 Å². The number of hydrogen-bond donors (Lipinski definition) is 1. The number of aromatic nitrogens is 2. The summed E-state index contributed by atoms with van der Waals surface area (Å²) in [5.41, 5.74) is 7.02. The normalized spacial score (nSPS) is 19.6. The van der Waals surface area contributed by atoms with Gasteiger partial charge in [0.25, 0.3) is 0 Å². The molecule has 4 heteroatoms. The van der Waals surface area contributed by atoms with Gasteiger partial charge in [0.2, 0.25) is 0 Å². The van der Waals surface area contributed by atoms with E-state index in [9.17, 15) is 0 Å². The molecule has 0 bridgehead atoms. The van der Waals surface area contributed by atoms with Gasteiger partial charge in [-0.15, -0.1) is 0 Å². The molecule has 0 unspecified atom stereocenters. The SMILES string of the molecule is Cc1ncc([C@@H](CN)N2CCCCC2)cn1. The second kappa shape index (κ2) is 5.37. The molecule has 1 saturated heterocycles. The van der Waals surface area contributed by atoms with Crippen LogP contribution in [-0.4, -0.2) is 34.5 Å². The number of nitrogens with two attached hydrogens (primary N) is 1. The Bertz CT molecular complexity index is 316. The fourth-order valence-corrected chi connectivity index (χ4v) is 2.30. The number of aryl methyl sites for hydroxylation is 1. The average molecular weight is 220 g/mol. The zero-order chi connectivity index (χ0) is 11.4. The number of likely N-dealkylation sites (tertiary alicyclic amines) is 1. The fraction of sp³-hybridized carbons (Fsp3) is 0.667. The van der Waals surface area contributed by atoms with Crippen molar-refractivity contribution in [1.29, 1.82) is 0 Å². The summed E-state index contributed by atoms with van der Waals surface area (Å²) in [6, 6.07) is 0.292. The van der Waals surface area contributed by atoms with Crippen molar-refractivity contribution >= 4 is 0 Å². The van der Waals surface area contributed by atoms with Gasteiger partial charge in [-0.1, -0.05) is 6.42 Å². The van der Waals surface area contributed by atoms with Crippen molar-refractivity contribution in [3.05, 3.63) is 23.8 Å². The first-order valence-corrected chi connectivity index (χ1v) is 6.04. The maximum Gasteiger partial charge on any atom is 0.125 e. The fourth-order valence-electron chi connectivity index (χ4n) is 2.30. The van der Waals surface area contributed by atoms with E-state index in [1.165, 1.54) is 19.3 Å². The Morgan fingerprint density at radius 1 is 1.25 bits per heavy atom. The molecule has 0 saturated carbocycles. The van der Waals surface area contributed by atoms with Gasteiger partial charge in [-0.25, -0.2) is 9.97 Å². The van der Waals surface area contributed by atoms with Crippen LogP contribution in [0.5, 0.6) is 0 Å². The molecular formula is C12H20N4. The molecule has 0 aromatic carbocycles. The molecule has 0 aliphatic carbocycles. The Morgan fingerprint density at radius 2 is 1.88 bits per heavy atom. The van der Waals surface area contributed by atoms with Gasteiger partial charge in [0.15, 0.2) is 0 Å². The predicted octanol–water partition coefficient (Wildman–Crippen LogP) is 1.27. The molecule has 1 fully saturated rings. The first-order chi connectivity index (χ1) is 7.81. The largest absolute Gasteiger partial charge is 0.329 e. The van der Waals surface area contributed by atoms with E-state index in [0.717, 1.165) is 24.5 Å². The molecule has 2 heterocycles. The van der Waals surface area contributed by atoms with E-state index >= 15 is 0 Å². The van der Waals surface area contributed by atoms with Gasteiger partial charge >= 0.3 is 0 Å². The van der Waals surface area contributed by atoms with E-state index in [2.05, 4.69) is 14.9 Å². The van der Waals surface area contributed by atoms with E-state index in [0.29, 0.717) is 12.6 Å². The molecule has 16 heavy (non-hydrogen) atoms. The van der Waals surface area contributed by atoms with Gasteiger partial charge in [0, 0.05) is 24.5 Å². The van der Waals surface area contributed by atoms with Crippen LogP contribution in [0.3, 0.4) is 0 Å². The lowest BCUT2D eigenvalue weighted by molar-refractivity contribution is 0.167. The molecular weight excluding hydrogens is 200 g/mol. The summed E-state index contributed by atoms with van der Waals surface area (Å²) < 4.78 is 0. The van der Waals surface area contributed by atoms with Crippen molar-refractivity contribution in [2.45, 2.75) is 32.2 Å². The van der Waals surface area contributed by atoms with Crippen LogP contribution in [0, 0.1) is 6.92 Å². The molecule has 1 aromatic rings. The van der Waals surface area contributed by atoms with Crippen molar-refractivity contribution < 1.29 is 0 Å². The lowest BCUT2D eigenvalue weighted by atomic mass is 10.0. The number of piperidine rings is 1. The molecule has 0 amide bonds. The monoisotopic (exact) mass is 220 g/mol. The highest BCUT2D eigenvalue weighted by Gasteiger charge is 2.21. The summed E-state index contributed by atoms with van der Waals surface area (Å²) in [5, 5.41) is 0. The summed E-state index contributed by atoms with van der Waals surface area (Å²) in [7, 11) is 0. The van der Waals surface area contributed by atoms with Crippen molar-refractivity contribution in [2.75, 3.05) is 19.6 Å². The van der Waals surface area contributed by atoms with Crippen molar-refractivity contribution in [2.24, 2.45) is 5.73 Å². The maximum atomic E-state index is 5.88. The summed E-state index contributed by atoms with van der Waals surface area (Å²) in [6.07, 6.45) is 7.73. The zero-order valence-corrected chi connectivity index (χ0v) is 9.89. The van der Waals surface area contributed by atoms with E-state index in [1.807, 2.05) is 19.3 Å². The van der Waals surface area contributed by atoms with Gasteiger partial charge in [-0.2, -0.15) is 0 Å². The van der Waals surface area contributed by atoms with Gasteiger partial charge in [-0.05, 0) is 32.9 Å². The molecule has 1 aromatic heterocycles. The molecule has 88 valence electrons. The second-order valence-electron chi connectivity index (χ2n) is 4.41. The van der Waals surface area contributed by atoms with Gasteiger partial charge < -0.3 is 5.73 Å². The third kappa shape index (κ3) is 2.57. The highest BCUT2D eigenvalue weighted by Crippen LogP contribution is 2.22. The smallest absolute Gasteiger partial charge is 0.125 e. The lowest BCUT2D eigenvalue weighted by Crippen LogP contribution is -2.37. The van der Waals surface area contributed by atoms with Crippen molar-refractivity contribution in [3.8, 4) is 0 Å². The van der Waals surface area contributed by atoms with Crippen molar-refractivity contribution in [1.82, 2.24) is 14.9 Å². The average Bonchev–Trinajstić information content (AvgIpc) is 2.34. The third-order valence-electron chi connectivity index (χ3n) is 3.24. The van der Waals surface area contributed by atoms with Gasteiger partial charge in [-0.3, -0.25) is 4.90 Å². The molecule has 4 nitrogen and oxygen atoms in total. The van der Waals surface area contributed by atoms with Gasteiger partial charge in [0.05, 0.1) is 6.04 Å². The van der Waals surface area contributed by atoms with Gasteiger partial charge in [0.1, 0.15) is 5.82 Å². The first kappa shape index (κ1) is 11.5. The van der Waals surface area contributed by atoms with Crippen LogP contribution in [0.25, 0.3) is 0 Å². The van der Waals surface area contributed by atoms with Crippen molar-refractivity contribution in [3.63, 3.8) is 0 Å². The highest BCUT2D eigenvalue weighted by atomic mass is 15.2. The Kier molecular flexibility index (Phi) is 3.85. The standard InChI is InChI=1S/C12H20N4/c1-10-14-8-11(9-15-10)12(7-13)16-5-3-2-4-6-16/h8-9,12H,2-7,13H2,1H3/t12-/m1/s1. The Morgan fingerprint density at radius 3 is 2.44 bits per heavy atom. The minimum absolute atomic E-state index is 0.292. The third-order valence-corrected chi connectivity index (χ3v) is 3.24. The summed E-state index contributed by atoms with van der Waals surface area (Å²) in [6.45, 7) is 4.85. The summed E-state index contributed by atoms with van der Waals surface area (Å²) >= 11 is 0. The number of rotatable bonds is 3. The van der Waals surface area contributed by atoms with Crippen LogP contribution >= 0.6 is 0 Å². The Labute approximate surface area is 96.9 Å². The van der Waals surface area contributed by atoms with E-state index in [4.69, 9.17) is 5.73 Å². The van der Waals surface area contributed by atoms with Crippen LogP contribution in [0.15, 0.2) is 12.4 Å². The lowest BCUT2D eigenvalue weighted by Gasteiger charge is -2.33. The Hall–Kier alpha value is -1.00. The zero-order valence-electron chi connectivity index (χ0n) is 9.89. The number of hydrogen-bond acceptors (Lipinski definition) is 4. The van der Waals surface area contributed by atoms with Crippen LogP contribution in [0.1, 0.15) is 36.7 Å². The molecule has 1 atom stereocenters. The predicted molar refractivity (Wildman–Crippen MR) is 64.0 cm³/mol.